The van der Waals surface area contributed by atoms with Crippen LogP contribution in [-0.4, -0.2) is 36.6 Å². The molecule has 25 heavy (non-hydrogen) atoms. The molecule has 0 bridgehead atoms. The number of rotatable bonds is 4. The van der Waals surface area contributed by atoms with E-state index in [2.05, 4.69) is 4.98 Å². The second-order valence-electron chi connectivity index (χ2n) is 6.82. The molecule has 0 N–H and O–H groups in total. The maximum Gasteiger partial charge on any atom is 0.233 e. The van der Waals surface area contributed by atoms with Crippen molar-refractivity contribution in [2.75, 3.05) is 20.8 Å². The molecule has 0 saturated carbocycles. The van der Waals surface area contributed by atoms with Crippen LogP contribution in [0.4, 0.5) is 0 Å². The smallest absolute Gasteiger partial charge is 0.233 e. The topological polar surface area (TPSA) is 51.7 Å². The van der Waals surface area contributed by atoms with Crippen LogP contribution in [0, 0.1) is 0 Å². The van der Waals surface area contributed by atoms with E-state index in [9.17, 15) is 4.79 Å². The van der Waals surface area contributed by atoms with E-state index in [0.29, 0.717) is 18.8 Å². The molecule has 0 spiro atoms. The van der Waals surface area contributed by atoms with Gasteiger partial charge in [0.25, 0.3) is 0 Å². The number of pyridine rings is 1. The number of carbonyl (C=O) groups excluding carboxylic acids is 1. The number of methoxy groups -OCH3 is 2. The van der Waals surface area contributed by atoms with E-state index < -0.39 is 5.41 Å². The Balaban J connectivity index is 1.86. The summed E-state index contributed by atoms with van der Waals surface area (Å²) in [5, 5.41) is 0. The van der Waals surface area contributed by atoms with Crippen molar-refractivity contribution in [1.82, 2.24) is 9.88 Å². The van der Waals surface area contributed by atoms with E-state index in [-0.39, 0.29) is 5.91 Å². The molecule has 0 unspecified atom stereocenters. The number of benzene rings is 1. The summed E-state index contributed by atoms with van der Waals surface area (Å²) in [5.41, 5.74) is 2.64. The van der Waals surface area contributed by atoms with Crippen molar-refractivity contribution < 1.29 is 14.3 Å². The fraction of sp³-hybridized carbons (Fsp3) is 0.400. The number of amides is 1. The van der Waals surface area contributed by atoms with Crippen molar-refractivity contribution in [2.24, 2.45) is 0 Å². The molecule has 1 aromatic heterocycles. The van der Waals surface area contributed by atoms with Gasteiger partial charge < -0.3 is 14.4 Å². The molecule has 0 aliphatic carbocycles. The molecule has 5 nitrogen and oxygen atoms in total. The molecule has 1 aliphatic rings. The minimum absolute atomic E-state index is 0.112. The van der Waals surface area contributed by atoms with Gasteiger partial charge in [-0.05, 0) is 55.2 Å². The summed E-state index contributed by atoms with van der Waals surface area (Å²) in [5.74, 6) is 1.54. The predicted octanol–water partition coefficient (Wildman–Crippen LogP) is 2.96. The zero-order chi connectivity index (χ0) is 18.0. The van der Waals surface area contributed by atoms with E-state index in [1.54, 1.807) is 26.6 Å². The van der Waals surface area contributed by atoms with Gasteiger partial charge in [0.1, 0.15) is 0 Å². The quantitative estimate of drug-likeness (QED) is 0.859. The van der Waals surface area contributed by atoms with Crippen LogP contribution in [0.25, 0.3) is 0 Å². The minimum atomic E-state index is -0.609. The third kappa shape index (κ3) is 3.18. The number of hydrogen-bond acceptors (Lipinski definition) is 4. The van der Waals surface area contributed by atoms with Gasteiger partial charge in [-0.15, -0.1) is 0 Å². The lowest BCUT2D eigenvalue weighted by Gasteiger charge is -2.35. The molecule has 1 aliphatic heterocycles. The molecule has 1 amide bonds. The molecular formula is C20H24N2O3. The largest absolute Gasteiger partial charge is 0.493 e. The summed E-state index contributed by atoms with van der Waals surface area (Å²) in [6.07, 6.45) is 4.30. The fourth-order valence-corrected chi connectivity index (χ4v) is 3.31. The highest BCUT2D eigenvalue weighted by Crippen LogP contribution is 2.34. The molecule has 2 heterocycles. The van der Waals surface area contributed by atoms with Crippen LogP contribution >= 0.6 is 0 Å². The Hall–Kier alpha value is -2.56. The number of fused-ring (bicyclic) bond motifs is 1. The van der Waals surface area contributed by atoms with Crippen LogP contribution in [0.2, 0.25) is 0 Å². The van der Waals surface area contributed by atoms with Crippen LogP contribution in [0.15, 0.2) is 36.7 Å². The highest BCUT2D eigenvalue weighted by Gasteiger charge is 2.35. The van der Waals surface area contributed by atoms with Crippen molar-refractivity contribution in [3.8, 4) is 11.5 Å². The number of nitrogens with zero attached hydrogens (tertiary/aromatic N) is 2. The molecule has 1 aromatic carbocycles. The Kier molecular flexibility index (Phi) is 4.66. The first-order valence-electron chi connectivity index (χ1n) is 8.41. The second-order valence-corrected chi connectivity index (χ2v) is 6.82. The van der Waals surface area contributed by atoms with Gasteiger partial charge in [0.05, 0.1) is 19.6 Å². The first kappa shape index (κ1) is 17.3. The third-order valence-electron chi connectivity index (χ3n) is 4.92. The highest BCUT2D eigenvalue weighted by atomic mass is 16.5. The summed E-state index contributed by atoms with van der Waals surface area (Å²) < 4.78 is 10.8. The third-order valence-corrected chi connectivity index (χ3v) is 4.92. The fourth-order valence-electron chi connectivity index (χ4n) is 3.31. The van der Waals surface area contributed by atoms with Gasteiger partial charge in [-0.25, -0.2) is 0 Å². The van der Waals surface area contributed by atoms with Gasteiger partial charge in [-0.2, -0.15) is 0 Å². The zero-order valence-electron chi connectivity index (χ0n) is 15.2. The second kappa shape index (κ2) is 6.75. The first-order valence-corrected chi connectivity index (χ1v) is 8.41. The van der Waals surface area contributed by atoms with Gasteiger partial charge in [0.15, 0.2) is 11.5 Å². The average molecular weight is 340 g/mol. The Morgan fingerprint density at radius 3 is 2.44 bits per heavy atom. The lowest BCUT2D eigenvalue weighted by Crippen LogP contribution is -2.45. The SMILES string of the molecule is COc1cc2c(cc1OC)CN(C(=O)C(C)(C)c1cccnc1)CC2. The van der Waals surface area contributed by atoms with E-state index >= 15 is 0 Å². The van der Waals surface area contributed by atoms with Crippen LogP contribution < -0.4 is 9.47 Å². The molecule has 0 atom stereocenters. The van der Waals surface area contributed by atoms with Crippen molar-refractivity contribution >= 4 is 5.91 Å². The van der Waals surface area contributed by atoms with E-state index in [1.807, 2.05) is 43.0 Å². The molecule has 0 fully saturated rings. The van der Waals surface area contributed by atoms with E-state index in [4.69, 9.17) is 9.47 Å². The molecule has 132 valence electrons. The monoisotopic (exact) mass is 340 g/mol. The molecule has 0 saturated heterocycles. The Morgan fingerprint density at radius 2 is 1.84 bits per heavy atom. The van der Waals surface area contributed by atoms with Crippen LogP contribution in [0.1, 0.15) is 30.5 Å². The van der Waals surface area contributed by atoms with E-state index in [1.165, 1.54) is 5.56 Å². The maximum atomic E-state index is 13.1. The molecule has 0 radical (unpaired) electrons. The van der Waals surface area contributed by atoms with Gasteiger partial charge in [-0.3, -0.25) is 9.78 Å². The zero-order valence-corrected chi connectivity index (χ0v) is 15.2. The standard InChI is InChI=1S/C20H24N2O3/c1-20(2,16-6-5-8-21-12-16)19(23)22-9-7-14-10-17(24-3)18(25-4)11-15(14)13-22/h5-6,8,10-12H,7,9,13H2,1-4H3. The van der Waals surface area contributed by atoms with Crippen molar-refractivity contribution in [2.45, 2.75) is 32.2 Å². The van der Waals surface area contributed by atoms with Crippen LogP contribution in [0.3, 0.4) is 0 Å². The van der Waals surface area contributed by atoms with Crippen molar-refractivity contribution in [3.05, 3.63) is 53.3 Å². The average Bonchev–Trinajstić information content (AvgIpc) is 2.66. The van der Waals surface area contributed by atoms with Gasteiger partial charge >= 0.3 is 0 Å². The molecular weight excluding hydrogens is 316 g/mol. The van der Waals surface area contributed by atoms with Gasteiger partial charge in [0, 0.05) is 25.5 Å². The molecule has 2 aromatic rings. The molecule has 3 rings (SSSR count). The Morgan fingerprint density at radius 1 is 1.16 bits per heavy atom. The van der Waals surface area contributed by atoms with Crippen molar-refractivity contribution in [3.63, 3.8) is 0 Å². The van der Waals surface area contributed by atoms with Gasteiger partial charge in [-0.1, -0.05) is 6.07 Å². The normalized spacial score (nSPS) is 14.0. The Labute approximate surface area is 148 Å². The van der Waals surface area contributed by atoms with Gasteiger partial charge in [0.2, 0.25) is 5.91 Å². The van der Waals surface area contributed by atoms with Crippen molar-refractivity contribution in [1.29, 1.82) is 0 Å². The van der Waals surface area contributed by atoms with E-state index in [0.717, 1.165) is 23.3 Å². The summed E-state index contributed by atoms with van der Waals surface area (Å²) >= 11 is 0. The lowest BCUT2D eigenvalue weighted by atomic mass is 9.83. The Bertz CT molecular complexity index is 772. The predicted molar refractivity (Wildman–Crippen MR) is 95.9 cm³/mol. The number of aromatic nitrogens is 1. The highest BCUT2D eigenvalue weighted by molar-refractivity contribution is 5.87. The lowest BCUT2D eigenvalue weighted by molar-refractivity contribution is -0.137. The summed E-state index contributed by atoms with van der Waals surface area (Å²) in [4.78, 5) is 19.2. The summed E-state index contributed by atoms with van der Waals surface area (Å²) in [6.45, 7) is 5.19. The van der Waals surface area contributed by atoms with Crippen LogP contribution in [-0.2, 0) is 23.2 Å². The summed E-state index contributed by atoms with van der Waals surface area (Å²) in [7, 11) is 3.26. The number of carbonyl (C=O) groups is 1. The first-order chi connectivity index (χ1) is 12.0. The molecule has 5 heteroatoms. The minimum Gasteiger partial charge on any atom is -0.493 e. The number of ether oxygens (including phenoxy) is 2. The summed E-state index contributed by atoms with van der Waals surface area (Å²) in [6, 6.07) is 7.82. The van der Waals surface area contributed by atoms with Crippen LogP contribution in [0.5, 0.6) is 11.5 Å². The maximum absolute atomic E-state index is 13.1. The number of hydrogen-bond donors (Lipinski definition) is 0.